The van der Waals surface area contributed by atoms with Gasteiger partial charge in [-0.15, -0.1) is 0 Å². The normalized spacial score (nSPS) is 17.6. The Morgan fingerprint density at radius 1 is 1.11 bits per heavy atom. The molecule has 13 heteroatoms. The van der Waals surface area contributed by atoms with E-state index < -0.39 is 29.1 Å². The largest absolute Gasteiger partial charge is 0.469 e. The van der Waals surface area contributed by atoms with Crippen LogP contribution in [0.15, 0.2) is 48.3 Å². The van der Waals surface area contributed by atoms with Gasteiger partial charge >= 0.3 is 12.1 Å². The van der Waals surface area contributed by atoms with Crippen LogP contribution in [0.4, 0.5) is 13.2 Å². The van der Waals surface area contributed by atoms with Crippen LogP contribution in [-0.2, 0) is 22.3 Å². The van der Waals surface area contributed by atoms with E-state index in [1.54, 1.807) is 0 Å². The molecule has 2 N–H and O–H groups in total. The SMILES string of the molecule is COC(=O)C1(C)CC=C(CNC(=O)c2cc(C(=O)NCc3ccnc(C(F)(F)F)c3)nc3ccnn23)CC1. The molecule has 0 aromatic carbocycles. The first-order valence-corrected chi connectivity index (χ1v) is 11.7. The van der Waals surface area contributed by atoms with E-state index in [1.165, 1.54) is 36.0 Å². The number of amides is 2. The van der Waals surface area contributed by atoms with Crippen LogP contribution >= 0.6 is 0 Å². The van der Waals surface area contributed by atoms with E-state index in [-0.39, 0.29) is 41.7 Å². The fraction of sp³-hybridized carbons (Fsp3) is 0.360. The van der Waals surface area contributed by atoms with Gasteiger partial charge in [0.05, 0.1) is 18.7 Å². The van der Waals surface area contributed by atoms with Gasteiger partial charge in [0.2, 0.25) is 0 Å². The first-order chi connectivity index (χ1) is 18.0. The van der Waals surface area contributed by atoms with E-state index >= 15 is 0 Å². The number of nitrogens with one attached hydrogen (secondary N) is 2. The number of carbonyl (C=O) groups is 3. The minimum Gasteiger partial charge on any atom is -0.469 e. The molecule has 2 amide bonds. The minimum atomic E-state index is -4.61. The van der Waals surface area contributed by atoms with Crippen LogP contribution in [0.2, 0.25) is 0 Å². The van der Waals surface area contributed by atoms with Gasteiger partial charge in [-0.3, -0.25) is 19.4 Å². The highest BCUT2D eigenvalue weighted by atomic mass is 19.4. The average Bonchev–Trinajstić information content (AvgIpc) is 3.38. The van der Waals surface area contributed by atoms with Gasteiger partial charge in [-0.25, -0.2) is 9.50 Å². The fourth-order valence-electron chi connectivity index (χ4n) is 4.09. The summed E-state index contributed by atoms with van der Waals surface area (Å²) in [5.41, 5.74) is -0.293. The van der Waals surface area contributed by atoms with E-state index in [1.807, 2.05) is 13.0 Å². The highest BCUT2D eigenvalue weighted by Gasteiger charge is 2.35. The quantitative estimate of drug-likeness (QED) is 0.355. The molecular weight excluding hydrogens is 505 g/mol. The molecular formula is C25H25F3N6O4. The number of hydrogen-bond acceptors (Lipinski definition) is 7. The van der Waals surface area contributed by atoms with Crippen LogP contribution in [-0.4, -0.2) is 51.0 Å². The Balaban J connectivity index is 1.45. The molecule has 0 saturated heterocycles. The van der Waals surface area contributed by atoms with Crippen molar-refractivity contribution in [3.63, 3.8) is 0 Å². The van der Waals surface area contributed by atoms with Gasteiger partial charge in [0, 0.05) is 31.4 Å². The second-order valence-corrected chi connectivity index (χ2v) is 9.16. The van der Waals surface area contributed by atoms with Crippen molar-refractivity contribution < 1.29 is 32.3 Å². The second kappa shape index (κ2) is 10.6. The minimum absolute atomic E-state index is 0.0595. The number of esters is 1. The fourth-order valence-corrected chi connectivity index (χ4v) is 4.09. The Kier molecular flexibility index (Phi) is 7.46. The van der Waals surface area contributed by atoms with Crippen molar-refractivity contribution in [3.8, 4) is 0 Å². The lowest BCUT2D eigenvalue weighted by Gasteiger charge is -2.30. The Labute approximate surface area is 215 Å². The molecule has 10 nitrogen and oxygen atoms in total. The summed E-state index contributed by atoms with van der Waals surface area (Å²) in [7, 11) is 1.36. The predicted molar refractivity (Wildman–Crippen MR) is 128 cm³/mol. The van der Waals surface area contributed by atoms with E-state index in [9.17, 15) is 27.6 Å². The van der Waals surface area contributed by atoms with Gasteiger partial charge in [0.25, 0.3) is 11.8 Å². The Morgan fingerprint density at radius 3 is 2.55 bits per heavy atom. The van der Waals surface area contributed by atoms with Crippen LogP contribution in [0.3, 0.4) is 0 Å². The van der Waals surface area contributed by atoms with E-state index in [0.29, 0.717) is 19.3 Å². The molecule has 3 aromatic heterocycles. The number of ether oxygens (including phenoxy) is 1. The Bertz CT molecular complexity index is 1420. The number of pyridine rings is 1. The summed E-state index contributed by atoms with van der Waals surface area (Å²) in [5, 5.41) is 9.42. The molecule has 3 aromatic rings. The Hall–Kier alpha value is -4.29. The summed E-state index contributed by atoms with van der Waals surface area (Å²) in [6, 6.07) is 4.99. The maximum Gasteiger partial charge on any atom is 0.433 e. The van der Waals surface area contributed by atoms with E-state index in [2.05, 4.69) is 25.7 Å². The van der Waals surface area contributed by atoms with Crippen molar-refractivity contribution in [2.24, 2.45) is 5.41 Å². The van der Waals surface area contributed by atoms with Gasteiger partial charge in [0.15, 0.2) is 5.65 Å². The zero-order valence-electron chi connectivity index (χ0n) is 20.6. The molecule has 1 aliphatic rings. The first kappa shape index (κ1) is 26.8. The van der Waals surface area contributed by atoms with Gasteiger partial charge in [-0.1, -0.05) is 11.6 Å². The smallest absolute Gasteiger partial charge is 0.433 e. The second-order valence-electron chi connectivity index (χ2n) is 9.16. The van der Waals surface area contributed by atoms with Crippen LogP contribution < -0.4 is 10.6 Å². The molecule has 0 saturated carbocycles. The molecule has 0 spiro atoms. The molecule has 0 bridgehead atoms. The van der Waals surface area contributed by atoms with E-state index in [0.717, 1.165) is 17.8 Å². The van der Waals surface area contributed by atoms with Gasteiger partial charge < -0.3 is 15.4 Å². The van der Waals surface area contributed by atoms with Crippen molar-refractivity contribution in [2.45, 2.75) is 38.9 Å². The van der Waals surface area contributed by atoms with Gasteiger partial charge in [-0.2, -0.15) is 18.3 Å². The highest BCUT2D eigenvalue weighted by Crippen LogP contribution is 2.35. The number of halogens is 3. The standard InChI is InChI=1S/C25H25F3N6O4/c1-24(23(37)38-2)7-3-15(4-8-24)13-31-22(36)18-12-17(33-20-6-10-32-34(18)20)21(35)30-14-16-5-9-29-19(11-16)25(26,27)28/h3,5-6,9-12H,4,7-8,13-14H2,1-2H3,(H,30,35)(H,31,36). The number of nitrogens with zero attached hydrogens (tertiary/aromatic N) is 4. The summed E-state index contributed by atoms with van der Waals surface area (Å²) in [4.78, 5) is 45.3. The zero-order valence-corrected chi connectivity index (χ0v) is 20.6. The predicted octanol–water partition coefficient (Wildman–Crippen LogP) is 3.09. The number of rotatable bonds is 7. The number of aromatic nitrogens is 4. The average molecular weight is 531 g/mol. The summed E-state index contributed by atoms with van der Waals surface area (Å²) in [6.07, 6.45) is 1.44. The van der Waals surface area contributed by atoms with Crippen molar-refractivity contribution in [3.05, 3.63) is 71.0 Å². The molecule has 3 heterocycles. The molecule has 0 aliphatic heterocycles. The molecule has 0 radical (unpaired) electrons. The highest BCUT2D eigenvalue weighted by molar-refractivity contribution is 5.98. The maximum atomic E-state index is 13.0. The molecule has 1 atom stereocenters. The number of carbonyl (C=O) groups excluding carboxylic acids is 3. The monoisotopic (exact) mass is 530 g/mol. The molecule has 1 aliphatic carbocycles. The number of alkyl halides is 3. The van der Waals surface area contributed by atoms with E-state index in [4.69, 9.17) is 4.74 Å². The summed E-state index contributed by atoms with van der Waals surface area (Å²) in [6.45, 7) is 1.88. The summed E-state index contributed by atoms with van der Waals surface area (Å²) >= 11 is 0. The third-order valence-corrected chi connectivity index (χ3v) is 6.39. The topological polar surface area (TPSA) is 128 Å². The molecule has 4 rings (SSSR count). The summed E-state index contributed by atoms with van der Waals surface area (Å²) in [5.74, 6) is -1.45. The Morgan fingerprint density at radius 2 is 1.87 bits per heavy atom. The lowest BCUT2D eigenvalue weighted by atomic mass is 9.76. The zero-order chi connectivity index (χ0) is 27.5. The number of methoxy groups -OCH3 is 1. The van der Waals surface area contributed by atoms with Crippen molar-refractivity contribution >= 4 is 23.4 Å². The van der Waals surface area contributed by atoms with Gasteiger partial charge in [-0.05, 0) is 43.9 Å². The van der Waals surface area contributed by atoms with Crippen LogP contribution in [0.1, 0.15) is 58.4 Å². The maximum absolute atomic E-state index is 13.0. The van der Waals surface area contributed by atoms with Crippen molar-refractivity contribution in [2.75, 3.05) is 13.7 Å². The molecule has 1 unspecified atom stereocenters. The summed E-state index contributed by atoms with van der Waals surface area (Å²) < 4.78 is 44.9. The third-order valence-electron chi connectivity index (χ3n) is 6.39. The van der Waals surface area contributed by atoms with Gasteiger partial charge in [0.1, 0.15) is 17.1 Å². The molecule has 200 valence electrons. The van der Waals surface area contributed by atoms with Crippen molar-refractivity contribution in [1.82, 2.24) is 30.2 Å². The lowest BCUT2D eigenvalue weighted by Crippen LogP contribution is -2.33. The number of fused-ring (bicyclic) bond motifs is 1. The third kappa shape index (κ3) is 5.82. The molecule has 38 heavy (non-hydrogen) atoms. The van der Waals surface area contributed by atoms with Crippen LogP contribution in [0.25, 0.3) is 5.65 Å². The van der Waals surface area contributed by atoms with Crippen LogP contribution in [0, 0.1) is 5.41 Å². The van der Waals surface area contributed by atoms with Crippen LogP contribution in [0.5, 0.6) is 0 Å². The first-order valence-electron chi connectivity index (χ1n) is 11.7. The molecule has 0 fully saturated rings. The van der Waals surface area contributed by atoms with Crippen molar-refractivity contribution in [1.29, 1.82) is 0 Å². The number of hydrogen-bond donors (Lipinski definition) is 2. The number of allylic oxidation sites excluding steroid dienone is 1. The lowest BCUT2D eigenvalue weighted by molar-refractivity contribution is -0.152.